The first kappa shape index (κ1) is 11.0. The largest absolute Gasteiger partial charge is 0.396 e. The molecule has 0 radical (unpaired) electrons. The number of benzene rings is 1. The van der Waals surface area contributed by atoms with Gasteiger partial charge in [0.2, 0.25) is 0 Å². The van der Waals surface area contributed by atoms with Crippen LogP contribution in [0.3, 0.4) is 0 Å². The molecule has 0 aromatic heterocycles. The van der Waals surface area contributed by atoms with Gasteiger partial charge in [0.15, 0.2) is 0 Å². The molecule has 3 N–H and O–H groups in total. The molecule has 0 heterocycles. The Bertz CT molecular complexity index is 293. The third kappa shape index (κ3) is 2.68. The number of aliphatic hydroxyl groups is 1. The Morgan fingerprint density at radius 1 is 1.54 bits per heavy atom. The highest BCUT2D eigenvalue weighted by Crippen LogP contribution is 2.30. The lowest BCUT2D eigenvalue weighted by Gasteiger charge is -2.12. The number of halogens is 2. The molecule has 72 valence electrons. The van der Waals surface area contributed by atoms with Gasteiger partial charge in [-0.2, -0.15) is 0 Å². The lowest BCUT2D eigenvalue weighted by atomic mass is 10.1. The maximum absolute atomic E-state index is 8.73. The van der Waals surface area contributed by atoms with Crippen LogP contribution in [0, 0.1) is 0 Å². The van der Waals surface area contributed by atoms with Crippen molar-refractivity contribution >= 4 is 27.5 Å². The lowest BCUT2D eigenvalue weighted by molar-refractivity contribution is 0.276. The highest BCUT2D eigenvalue weighted by Gasteiger charge is 2.10. The van der Waals surface area contributed by atoms with Gasteiger partial charge < -0.3 is 10.8 Å². The maximum Gasteiger partial charge on any atom is 0.0551 e. The zero-order valence-electron chi connectivity index (χ0n) is 7.00. The van der Waals surface area contributed by atoms with E-state index in [0.717, 1.165) is 10.0 Å². The van der Waals surface area contributed by atoms with Crippen LogP contribution in [-0.4, -0.2) is 11.7 Å². The molecular formula is C9H11BrClNO. The zero-order valence-corrected chi connectivity index (χ0v) is 9.35. The summed E-state index contributed by atoms with van der Waals surface area (Å²) in [5.74, 6) is 0. The van der Waals surface area contributed by atoms with Crippen LogP contribution < -0.4 is 5.73 Å². The molecule has 2 nitrogen and oxygen atoms in total. The third-order valence-electron chi connectivity index (χ3n) is 1.82. The van der Waals surface area contributed by atoms with Crippen molar-refractivity contribution in [1.29, 1.82) is 0 Å². The van der Waals surface area contributed by atoms with Crippen molar-refractivity contribution in [3.8, 4) is 0 Å². The van der Waals surface area contributed by atoms with E-state index < -0.39 is 0 Å². The van der Waals surface area contributed by atoms with E-state index in [2.05, 4.69) is 15.9 Å². The van der Waals surface area contributed by atoms with Crippen LogP contribution in [0.2, 0.25) is 5.02 Å². The summed E-state index contributed by atoms with van der Waals surface area (Å²) in [6.07, 6.45) is 0.541. The highest BCUT2D eigenvalue weighted by molar-refractivity contribution is 9.10. The quantitative estimate of drug-likeness (QED) is 0.881. The SMILES string of the molecule is NC(CCO)c1cccc(Cl)c1Br. The summed E-state index contributed by atoms with van der Waals surface area (Å²) >= 11 is 9.25. The van der Waals surface area contributed by atoms with Gasteiger partial charge in [-0.15, -0.1) is 0 Å². The van der Waals surface area contributed by atoms with Gasteiger partial charge in [0.05, 0.1) is 5.02 Å². The zero-order chi connectivity index (χ0) is 9.84. The molecule has 13 heavy (non-hydrogen) atoms. The van der Waals surface area contributed by atoms with Gasteiger partial charge in [0, 0.05) is 17.1 Å². The van der Waals surface area contributed by atoms with Crippen LogP contribution in [0.4, 0.5) is 0 Å². The molecule has 0 aliphatic rings. The predicted molar refractivity (Wildman–Crippen MR) is 57.8 cm³/mol. The number of hydrogen-bond acceptors (Lipinski definition) is 2. The number of nitrogens with two attached hydrogens (primary N) is 1. The lowest BCUT2D eigenvalue weighted by Crippen LogP contribution is -2.12. The molecule has 0 fully saturated rings. The van der Waals surface area contributed by atoms with Crippen LogP contribution in [0.5, 0.6) is 0 Å². The van der Waals surface area contributed by atoms with Crippen molar-refractivity contribution in [1.82, 2.24) is 0 Å². The van der Waals surface area contributed by atoms with E-state index in [1.54, 1.807) is 6.07 Å². The third-order valence-corrected chi connectivity index (χ3v) is 3.25. The van der Waals surface area contributed by atoms with Crippen LogP contribution in [0.25, 0.3) is 0 Å². The van der Waals surface area contributed by atoms with E-state index in [0.29, 0.717) is 11.4 Å². The molecule has 0 saturated carbocycles. The molecule has 1 unspecified atom stereocenters. The first-order chi connectivity index (χ1) is 6.16. The van der Waals surface area contributed by atoms with E-state index in [1.165, 1.54) is 0 Å². The highest BCUT2D eigenvalue weighted by atomic mass is 79.9. The van der Waals surface area contributed by atoms with E-state index in [-0.39, 0.29) is 12.6 Å². The molecule has 0 aliphatic heterocycles. The average molecular weight is 265 g/mol. The Hall–Kier alpha value is -0.0900. The molecule has 1 rings (SSSR count). The summed E-state index contributed by atoms with van der Waals surface area (Å²) in [6, 6.07) is 5.37. The second-order valence-corrected chi connectivity index (χ2v) is 3.96. The smallest absolute Gasteiger partial charge is 0.0551 e. The molecule has 0 bridgehead atoms. The first-order valence-electron chi connectivity index (χ1n) is 3.97. The van der Waals surface area contributed by atoms with E-state index in [4.69, 9.17) is 22.4 Å². The monoisotopic (exact) mass is 263 g/mol. The fourth-order valence-corrected chi connectivity index (χ4v) is 1.84. The molecule has 1 aromatic rings. The van der Waals surface area contributed by atoms with Gasteiger partial charge in [-0.25, -0.2) is 0 Å². The van der Waals surface area contributed by atoms with Gasteiger partial charge in [-0.05, 0) is 34.0 Å². The Kier molecular flexibility index (Phi) is 4.19. The van der Waals surface area contributed by atoms with Crippen molar-refractivity contribution in [2.75, 3.05) is 6.61 Å². The molecular weight excluding hydrogens is 253 g/mol. The fraction of sp³-hybridized carbons (Fsp3) is 0.333. The van der Waals surface area contributed by atoms with Crippen molar-refractivity contribution in [3.63, 3.8) is 0 Å². The average Bonchev–Trinajstić information content (AvgIpc) is 2.10. The van der Waals surface area contributed by atoms with Gasteiger partial charge in [-0.3, -0.25) is 0 Å². The second kappa shape index (κ2) is 4.96. The predicted octanol–water partition coefficient (Wildman–Crippen LogP) is 2.48. The van der Waals surface area contributed by atoms with E-state index in [9.17, 15) is 0 Å². The molecule has 4 heteroatoms. The first-order valence-corrected chi connectivity index (χ1v) is 5.14. The summed E-state index contributed by atoms with van der Waals surface area (Å²) in [6.45, 7) is 0.0835. The standard InChI is InChI=1S/C9H11BrClNO/c10-9-6(8(12)4-5-13)2-1-3-7(9)11/h1-3,8,13H,4-5,12H2. The second-order valence-electron chi connectivity index (χ2n) is 2.76. The molecule has 1 atom stereocenters. The van der Waals surface area contributed by atoms with E-state index in [1.807, 2.05) is 12.1 Å². The Morgan fingerprint density at radius 3 is 2.85 bits per heavy atom. The summed E-state index contributed by atoms with van der Waals surface area (Å²) in [5.41, 5.74) is 6.76. The Labute approximate surface area is 90.8 Å². The maximum atomic E-state index is 8.73. The topological polar surface area (TPSA) is 46.2 Å². The van der Waals surface area contributed by atoms with Crippen molar-refractivity contribution in [3.05, 3.63) is 33.3 Å². The van der Waals surface area contributed by atoms with Crippen LogP contribution in [-0.2, 0) is 0 Å². The number of aliphatic hydroxyl groups excluding tert-OH is 1. The molecule has 1 aromatic carbocycles. The Morgan fingerprint density at radius 2 is 2.23 bits per heavy atom. The molecule has 0 aliphatic carbocycles. The summed E-state index contributed by atoms with van der Waals surface area (Å²) in [5, 5.41) is 9.37. The van der Waals surface area contributed by atoms with Crippen molar-refractivity contribution in [2.45, 2.75) is 12.5 Å². The van der Waals surface area contributed by atoms with Crippen molar-refractivity contribution in [2.24, 2.45) is 5.73 Å². The van der Waals surface area contributed by atoms with Gasteiger partial charge in [0.25, 0.3) is 0 Å². The fourth-order valence-electron chi connectivity index (χ4n) is 1.10. The van der Waals surface area contributed by atoms with Gasteiger partial charge >= 0.3 is 0 Å². The molecule has 0 spiro atoms. The van der Waals surface area contributed by atoms with Crippen LogP contribution >= 0.6 is 27.5 Å². The van der Waals surface area contributed by atoms with Gasteiger partial charge in [0.1, 0.15) is 0 Å². The minimum absolute atomic E-state index is 0.0835. The minimum Gasteiger partial charge on any atom is -0.396 e. The summed E-state index contributed by atoms with van der Waals surface area (Å²) in [7, 11) is 0. The Balaban J connectivity index is 2.93. The van der Waals surface area contributed by atoms with Crippen molar-refractivity contribution < 1.29 is 5.11 Å². The summed E-state index contributed by atoms with van der Waals surface area (Å²) in [4.78, 5) is 0. The summed E-state index contributed by atoms with van der Waals surface area (Å²) < 4.78 is 0.817. The number of rotatable bonds is 3. The molecule has 0 saturated heterocycles. The van der Waals surface area contributed by atoms with Gasteiger partial charge in [-0.1, -0.05) is 23.7 Å². The molecule has 0 amide bonds. The number of hydrogen-bond donors (Lipinski definition) is 2. The van der Waals surface area contributed by atoms with E-state index >= 15 is 0 Å². The normalized spacial score (nSPS) is 12.9. The van der Waals surface area contributed by atoms with Crippen LogP contribution in [0.1, 0.15) is 18.0 Å². The minimum atomic E-state index is -0.168. The van der Waals surface area contributed by atoms with Crippen LogP contribution in [0.15, 0.2) is 22.7 Å².